The van der Waals surface area contributed by atoms with Gasteiger partial charge in [0.15, 0.2) is 0 Å². The van der Waals surface area contributed by atoms with Crippen LogP contribution < -0.4 is 9.81 Å². The molecule has 20 heavy (non-hydrogen) atoms. The lowest BCUT2D eigenvalue weighted by atomic mass is 10.6. The topological polar surface area (TPSA) is 217 Å². The predicted molar refractivity (Wildman–Crippen MR) is 48.4 cm³/mol. The summed E-state index contributed by atoms with van der Waals surface area (Å²) < 4.78 is 7.80. The third kappa shape index (κ3) is 2.02. The second-order valence-electron chi connectivity index (χ2n) is 2.87. The van der Waals surface area contributed by atoms with Gasteiger partial charge >= 0.3 is 23.3 Å². The Morgan fingerprint density at radius 3 is 1.55 bits per heavy atom. The van der Waals surface area contributed by atoms with Crippen molar-refractivity contribution in [2.45, 2.75) is 0 Å². The zero-order valence-electron chi connectivity index (χ0n) is 8.84. The molecule has 0 aliphatic heterocycles. The van der Waals surface area contributed by atoms with E-state index in [1.807, 2.05) is 0 Å². The van der Waals surface area contributed by atoms with E-state index in [0.29, 0.717) is 0 Å². The first kappa shape index (κ1) is 12.7. The van der Waals surface area contributed by atoms with Crippen molar-refractivity contribution in [3.05, 3.63) is 30.6 Å². The van der Waals surface area contributed by atoms with Crippen molar-refractivity contribution in [2.24, 2.45) is 10.2 Å². The highest BCUT2D eigenvalue weighted by Gasteiger charge is 2.35. The fraction of sp³-hybridized carbons (Fsp3) is 0. The lowest BCUT2D eigenvalue weighted by Crippen LogP contribution is -2.26. The molecule has 0 amide bonds. The molecule has 0 aliphatic rings. The lowest BCUT2D eigenvalue weighted by molar-refractivity contribution is -0.825. The molecule has 0 unspecified atom stereocenters. The van der Waals surface area contributed by atoms with Crippen molar-refractivity contribution >= 4 is 23.3 Å². The number of hydrogen-bond donors (Lipinski definition) is 0. The molecule has 0 fully saturated rings. The highest BCUT2D eigenvalue weighted by molar-refractivity contribution is 5.42. The van der Waals surface area contributed by atoms with Crippen molar-refractivity contribution < 1.29 is 28.9 Å². The van der Waals surface area contributed by atoms with Gasteiger partial charge in [0.05, 0.1) is 4.90 Å². The van der Waals surface area contributed by atoms with Crippen LogP contribution in [0.3, 0.4) is 0 Å². The molecule has 0 saturated carbocycles. The van der Waals surface area contributed by atoms with Gasteiger partial charge in [-0.25, -0.2) is 0 Å². The Morgan fingerprint density at radius 2 is 1.25 bits per heavy atom. The van der Waals surface area contributed by atoms with E-state index in [2.05, 4.69) is 29.8 Å². The molecule has 0 N–H and O–H groups in total. The van der Waals surface area contributed by atoms with E-state index in [4.69, 9.17) is 0 Å². The van der Waals surface area contributed by atoms with Crippen LogP contribution in [0.4, 0.5) is 23.3 Å². The molecule has 0 saturated heterocycles. The Kier molecular flexibility index (Phi) is 2.87. The maximum Gasteiger partial charge on any atom is 0.607 e. The monoisotopic (exact) mass is 288 g/mol. The minimum absolute atomic E-state index is 0.556. The maximum atomic E-state index is 10.8. The molecule has 16 nitrogen and oxygen atoms in total. The fourth-order valence-corrected chi connectivity index (χ4v) is 0.991. The summed E-state index contributed by atoms with van der Waals surface area (Å²) >= 11 is 0. The second kappa shape index (κ2) is 4.51. The highest BCUT2D eigenvalue weighted by atomic mass is 16.8. The molecule has 0 bridgehead atoms. The van der Waals surface area contributed by atoms with Crippen molar-refractivity contribution in [3.63, 3.8) is 0 Å². The summed E-state index contributed by atoms with van der Waals surface area (Å²) in [5.74, 6) is -4.15. The predicted octanol–water partition coefficient (Wildman–Crippen LogP) is -0.839. The van der Waals surface area contributed by atoms with Crippen LogP contribution in [0.25, 0.3) is 0 Å². The molecule has 0 radical (unpaired) electrons. The summed E-state index contributed by atoms with van der Waals surface area (Å²) in [6.07, 6.45) is 0. The molecule has 2 aromatic heterocycles. The van der Waals surface area contributed by atoms with Gasteiger partial charge in [0.1, 0.15) is 15.0 Å². The number of aromatic nitrogens is 4. The quantitative estimate of drug-likeness (QED) is 0.293. The van der Waals surface area contributed by atoms with Crippen LogP contribution in [-0.2, 0) is 0 Å². The fourth-order valence-electron chi connectivity index (χ4n) is 0.991. The van der Waals surface area contributed by atoms with Crippen LogP contribution in [-0.4, -0.2) is 20.2 Å². The van der Waals surface area contributed by atoms with Crippen molar-refractivity contribution in [1.29, 1.82) is 0 Å². The summed E-state index contributed by atoms with van der Waals surface area (Å²) in [5.41, 5.74) is 0. The third-order valence-corrected chi connectivity index (χ3v) is 1.73. The van der Waals surface area contributed by atoms with E-state index >= 15 is 0 Å². The average Bonchev–Trinajstić information content (AvgIpc) is 2.89. The minimum Gasteiger partial charge on any atom is -0.323 e. The van der Waals surface area contributed by atoms with Crippen molar-refractivity contribution in [2.75, 3.05) is 0 Å². The van der Waals surface area contributed by atoms with E-state index in [1.165, 1.54) is 0 Å². The van der Waals surface area contributed by atoms with E-state index < -0.39 is 42.9 Å². The summed E-state index contributed by atoms with van der Waals surface area (Å²) in [7, 11) is 0. The number of azo groups is 1. The molecule has 104 valence electrons. The van der Waals surface area contributed by atoms with E-state index in [0.717, 1.165) is 0 Å². The van der Waals surface area contributed by atoms with Gasteiger partial charge in [0, 0.05) is 4.92 Å². The average molecular weight is 288 g/mol. The van der Waals surface area contributed by atoms with Gasteiger partial charge in [-0.3, -0.25) is 20.0 Å². The lowest BCUT2D eigenvalue weighted by Gasteiger charge is -1.84. The molecule has 0 atom stereocenters. The molecule has 2 aromatic rings. The van der Waals surface area contributed by atoms with E-state index in [1.54, 1.807) is 0 Å². The van der Waals surface area contributed by atoms with Crippen molar-refractivity contribution in [1.82, 2.24) is 10.3 Å². The molecular formula is C4N8O8. The Balaban J connectivity index is 2.40. The largest absolute Gasteiger partial charge is 0.607 e. The van der Waals surface area contributed by atoms with Gasteiger partial charge in [-0.15, -0.1) is 10.3 Å². The van der Waals surface area contributed by atoms with Crippen LogP contribution in [0.2, 0.25) is 0 Å². The smallest absolute Gasteiger partial charge is 0.323 e. The third-order valence-electron chi connectivity index (χ3n) is 1.73. The normalized spacial score (nSPS) is 11.0. The first-order chi connectivity index (χ1) is 9.41. The first-order valence-electron chi connectivity index (χ1n) is 4.31. The van der Waals surface area contributed by atoms with Gasteiger partial charge in [-0.2, -0.15) is 4.63 Å². The second-order valence-corrected chi connectivity index (χ2v) is 2.87. The maximum absolute atomic E-state index is 10.8. The number of rotatable bonds is 4. The van der Waals surface area contributed by atoms with Crippen LogP contribution in [0.5, 0.6) is 0 Å². The van der Waals surface area contributed by atoms with Gasteiger partial charge in [0.2, 0.25) is 0 Å². The van der Waals surface area contributed by atoms with E-state index in [9.17, 15) is 30.6 Å². The Bertz CT molecular complexity index is 654. The molecule has 16 heteroatoms. The number of nitro groups is 2. The van der Waals surface area contributed by atoms with Crippen LogP contribution >= 0.6 is 0 Å². The summed E-state index contributed by atoms with van der Waals surface area (Å²) in [5, 5.41) is 54.5. The van der Waals surface area contributed by atoms with Gasteiger partial charge in [-0.1, -0.05) is 5.11 Å². The highest BCUT2D eigenvalue weighted by Crippen LogP contribution is 2.25. The molecular weight excluding hydrogens is 288 g/mol. The van der Waals surface area contributed by atoms with Crippen LogP contribution in [0.1, 0.15) is 0 Å². The minimum atomic E-state index is -1.20. The number of hydrogen-bond acceptors (Lipinski definition) is 12. The first-order valence-corrected chi connectivity index (χ1v) is 4.31. The molecule has 0 aromatic carbocycles. The molecule has 2 rings (SSSR count). The summed E-state index contributed by atoms with van der Waals surface area (Å²) in [4.78, 5) is 17.5. The zero-order chi connectivity index (χ0) is 14.9. The van der Waals surface area contributed by atoms with Crippen LogP contribution in [0, 0.1) is 30.6 Å². The zero-order valence-corrected chi connectivity index (χ0v) is 8.84. The molecule has 2 heterocycles. The Labute approximate surface area is 104 Å². The van der Waals surface area contributed by atoms with Gasteiger partial charge in [0.25, 0.3) is 0 Å². The standard InChI is InChI=1S/C4N8O8/c13-9(14)3-1(7-19-11(3)17)5-6-2-4(10(15)16)12(18)20-8-2. The van der Waals surface area contributed by atoms with Gasteiger partial charge < -0.3 is 15.3 Å². The van der Waals surface area contributed by atoms with Crippen LogP contribution in [0.15, 0.2) is 19.5 Å². The number of nitrogens with zero attached hydrogens (tertiary/aromatic N) is 8. The molecule has 0 aliphatic carbocycles. The summed E-state index contributed by atoms with van der Waals surface area (Å²) in [6.45, 7) is 0. The molecule has 0 spiro atoms. The summed E-state index contributed by atoms with van der Waals surface area (Å²) in [6, 6.07) is 0. The van der Waals surface area contributed by atoms with Crippen molar-refractivity contribution in [3.8, 4) is 0 Å². The van der Waals surface area contributed by atoms with E-state index in [-0.39, 0.29) is 0 Å². The SMILES string of the molecule is O=[N+]([O-])c1c(N=Nc2no[n+]([O-])c2[N+](=O)[O-])no[n+]1[O-]. The van der Waals surface area contributed by atoms with Gasteiger partial charge in [-0.05, 0) is 0 Å². The Morgan fingerprint density at radius 1 is 0.900 bits per heavy atom. The Hall–Kier alpha value is -3.72.